The lowest BCUT2D eigenvalue weighted by molar-refractivity contribution is -0.384. The summed E-state index contributed by atoms with van der Waals surface area (Å²) in [6, 6.07) is 9.22. The number of nitrogens with one attached hydrogen (secondary N) is 1. The zero-order chi connectivity index (χ0) is 13.1. The largest absolute Gasteiger partial charge is 0.328 e. The van der Waals surface area contributed by atoms with Gasteiger partial charge in [-0.15, -0.1) is 0 Å². The molecule has 2 rings (SSSR count). The van der Waals surface area contributed by atoms with Crippen molar-refractivity contribution < 1.29 is 4.92 Å². The van der Waals surface area contributed by atoms with Crippen LogP contribution in [-0.4, -0.2) is 9.91 Å². The topological polar surface area (TPSA) is 99.8 Å². The van der Waals surface area contributed by atoms with Gasteiger partial charge in [0.05, 0.1) is 10.5 Å². The minimum absolute atomic E-state index is 0.133. The molecule has 6 heteroatoms. The summed E-state index contributed by atoms with van der Waals surface area (Å²) in [6.07, 6.45) is 1.36. The molecule has 0 aliphatic rings. The van der Waals surface area contributed by atoms with E-state index in [0.717, 1.165) is 0 Å². The van der Waals surface area contributed by atoms with E-state index in [1.165, 1.54) is 30.5 Å². The Morgan fingerprint density at radius 2 is 1.94 bits per heavy atom. The van der Waals surface area contributed by atoms with Crippen LogP contribution in [0.15, 0.2) is 41.3 Å². The maximum absolute atomic E-state index is 11.5. The number of hydrogen-bond donors (Lipinski definition) is 1. The minimum atomic E-state index is -0.562. The Kier molecular flexibility index (Phi) is 2.89. The van der Waals surface area contributed by atoms with Crippen LogP contribution in [0.5, 0.6) is 0 Å². The van der Waals surface area contributed by atoms with Gasteiger partial charge in [-0.1, -0.05) is 12.1 Å². The fourth-order valence-electron chi connectivity index (χ4n) is 1.67. The van der Waals surface area contributed by atoms with Gasteiger partial charge in [0.1, 0.15) is 11.6 Å². The highest BCUT2D eigenvalue weighted by Crippen LogP contribution is 2.30. The van der Waals surface area contributed by atoms with Crippen LogP contribution < -0.4 is 5.56 Å². The number of aromatic amines is 1. The Hall–Kier alpha value is -2.94. The van der Waals surface area contributed by atoms with Crippen LogP contribution in [0.25, 0.3) is 11.1 Å². The van der Waals surface area contributed by atoms with E-state index in [4.69, 9.17) is 5.26 Å². The van der Waals surface area contributed by atoms with Gasteiger partial charge in [0.2, 0.25) is 0 Å². The number of nitriles is 1. The average molecular weight is 241 g/mol. The van der Waals surface area contributed by atoms with E-state index in [1.54, 1.807) is 12.1 Å². The Morgan fingerprint density at radius 3 is 2.61 bits per heavy atom. The molecular weight excluding hydrogens is 234 g/mol. The molecule has 0 aliphatic carbocycles. The second-order valence-corrected chi connectivity index (χ2v) is 3.48. The quantitative estimate of drug-likeness (QED) is 0.640. The zero-order valence-electron chi connectivity index (χ0n) is 9.08. The maximum atomic E-state index is 11.5. The lowest BCUT2D eigenvalue weighted by Crippen LogP contribution is -2.10. The number of H-pyrrole nitrogens is 1. The number of aromatic nitrogens is 1. The van der Waals surface area contributed by atoms with Crippen LogP contribution in [0.1, 0.15) is 5.56 Å². The van der Waals surface area contributed by atoms with Crippen LogP contribution >= 0.6 is 0 Å². The molecule has 18 heavy (non-hydrogen) atoms. The van der Waals surface area contributed by atoms with Crippen LogP contribution in [0.3, 0.4) is 0 Å². The number of benzene rings is 1. The van der Waals surface area contributed by atoms with Crippen molar-refractivity contribution in [3.63, 3.8) is 0 Å². The molecule has 1 aromatic heterocycles. The number of nitro benzene ring substituents is 1. The second-order valence-electron chi connectivity index (χ2n) is 3.48. The maximum Gasteiger partial charge on any atom is 0.277 e. The van der Waals surface area contributed by atoms with Crippen molar-refractivity contribution in [2.75, 3.05) is 0 Å². The van der Waals surface area contributed by atoms with Gasteiger partial charge in [0.25, 0.3) is 11.2 Å². The van der Waals surface area contributed by atoms with Gasteiger partial charge in [0, 0.05) is 17.8 Å². The Labute approximate surface area is 101 Å². The van der Waals surface area contributed by atoms with Crippen molar-refractivity contribution in [3.05, 3.63) is 62.6 Å². The van der Waals surface area contributed by atoms with Crippen molar-refractivity contribution in [3.8, 4) is 17.2 Å². The molecule has 0 aliphatic heterocycles. The van der Waals surface area contributed by atoms with Crippen molar-refractivity contribution in [2.24, 2.45) is 0 Å². The van der Waals surface area contributed by atoms with E-state index in [0.29, 0.717) is 0 Å². The predicted octanol–water partition coefficient (Wildman–Crippen LogP) is 1.82. The summed E-state index contributed by atoms with van der Waals surface area (Å²) in [5, 5.41) is 19.9. The van der Waals surface area contributed by atoms with Gasteiger partial charge in [0.15, 0.2) is 0 Å². The summed E-state index contributed by atoms with van der Waals surface area (Å²) in [4.78, 5) is 24.2. The van der Waals surface area contributed by atoms with Crippen molar-refractivity contribution in [1.82, 2.24) is 4.98 Å². The van der Waals surface area contributed by atoms with Gasteiger partial charge in [-0.3, -0.25) is 14.9 Å². The highest BCUT2D eigenvalue weighted by molar-refractivity contribution is 5.77. The minimum Gasteiger partial charge on any atom is -0.328 e. The first-order valence-corrected chi connectivity index (χ1v) is 5.00. The van der Waals surface area contributed by atoms with E-state index in [2.05, 4.69) is 4.98 Å². The molecule has 6 nitrogen and oxygen atoms in total. The van der Waals surface area contributed by atoms with E-state index in [-0.39, 0.29) is 22.4 Å². The molecule has 0 fully saturated rings. The molecular formula is C12H7N3O3. The third-order valence-electron chi connectivity index (χ3n) is 2.46. The molecule has 0 spiro atoms. The van der Waals surface area contributed by atoms with E-state index in [1.807, 2.05) is 0 Å². The Bertz CT molecular complexity index is 713. The number of para-hydroxylation sites is 1. The van der Waals surface area contributed by atoms with Crippen molar-refractivity contribution in [1.29, 1.82) is 5.26 Å². The SMILES string of the molecule is N#Cc1c(-c2ccccc2[N+](=O)[O-])cc[nH]c1=O. The summed E-state index contributed by atoms with van der Waals surface area (Å²) >= 11 is 0. The summed E-state index contributed by atoms with van der Waals surface area (Å²) in [5.74, 6) is 0. The molecule has 1 N–H and O–H groups in total. The number of nitrogens with zero attached hydrogens (tertiary/aromatic N) is 2. The summed E-state index contributed by atoms with van der Waals surface area (Å²) in [7, 11) is 0. The standard InChI is InChI=1S/C12H7N3O3/c13-7-10-8(5-6-14-12(10)16)9-3-1-2-4-11(9)15(17)18/h1-6H,(H,14,16). The van der Waals surface area contributed by atoms with E-state index < -0.39 is 10.5 Å². The molecule has 2 aromatic rings. The normalized spacial score (nSPS) is 9.72. The van der Waals surface area contributed by atoms with Crippen LogP contribution in [0.2, 0.25) is 0 Å². The first-order chi connectivity index (χ1) is 8.65. The molecule has 1 aromatic carbocycles. The summed E-state index contributed by atoms with van der Waals surface area (Å²) in [5.41, 5.74) is -0.321. The molecule has 0 saturated carbocycles. The van der Waals surface area contributed by atoms with Crippen LogP contribution in [0, 0.1) is 21.4 Å². The van der Waals surface area contributed by atoms with Gasteiger partial charge < -0.3 is 4.98 Å². The smallest absolute Gasteiger partial charge is 0.277 e. The highest BCUT2D eigenvalue weighted by atomic mass is 16.6. The number of nitro groups is 1. The Balaban J connectivity index is 2.79. The third kappa shape index (κ3) is 1.85. The molecule has 1 heterocycles. The molecule has 0 saturated heterocycles. The predicted molar refractivity (Wildman–Crippen MR) is 63.9 cm³/mol. The van der Waals surface area contributed by atoms with Gasteiger partial charge in [-0.2, -0.15) is 5.26 Å². The molecule has 0 bridgehead atoms. The van der Waals surface area contributed by atoms with E-state index >= 15 is 0 Å². The fraction of sp³-hybridized carbons (Fsp3) is 0. The fourth-order valence-corrected chi connectivity index (χ4v) is 1.67. The lowest BCUT2D eigenvalue weighted by atomic mass is 10.0. The van der Waals surface area contributed by atoms with E-state index in [9.17, 15) is 14.9 Å². The lowest BCUT2D eigenvalue weighted by Gasteiger charge is -2.03. The number of rotatable bonds is 2. The average Bonchev–Trinajstić information content (AvgIpc) is 2.38. The third-order valence-corrected chi connectivity index (χ3v) is 2.46. The van der Waals surface area contributed by atoms with Crippen molar-refractivity contribution >= 4 is 5.69 Å². The van der Waals surface area contributed by atoms with Crippen molar-refractivity contribution in [2.45, 2.75) is 0 Å². The Morgan fingerprint density at radius 1 is 1.22 bits per heavy atom. The summed E-state index contributed by atoms with van der Waals surface area (Å²) < 4.78 is 0. The number of pyridine rings is 1. The number of hydrogen-bond acceptors (Lipinski definition) is 4. The molecule has 88 valence electrons. The summed E-state index contributed by atoms with van der Waals surface area (Å²) in [6.45, 7) is 0. The zero-order valence-corrected chi connectivity index (χ0v) is 9.08. The first-order valence-electron chi connectivity index (χ1n) is 5.00. The monoisotopic (exact) mass is 241 g/mol. The first kappa shape index (κ1) is 11.5. The molecule has 0 amide bonds. The molecule has 0 atom stereocenters. The molecule has 0 radical (unpaired) electrons. The molecule has 0 unspecified atom stereocenters. The second kappa shape index (κ2) is 4.51. The van der Waals surface area contributed by atoms with Gasteiger partial charge >= 0.3 is 0 Å². The van der Waals surface area contributed by atoms with Gasteiger partial charge in [-0.05, 0) is 12.1 Å². The van der Waals surface area contributed by atoms with Crippen LogP contribution in [-0.2, 0) is 0 Å². The van der Waals surface area contributed by atoms with Crippen LogP contribution in [0.4, 0.5) is 5.69 Å². The van der Waals surface area contributed by atoms with Gasteiger partial charge in [-0.25, -0.2) is 0 Å². The highest BCUT2D eigenvalue weighted by Gasteiger charge is 2.18.